The first-order chi connectivity index (χ1) is 15.1. The number of benzene rings is 2. The highest BCUT2D eigenvalue weighted by Crippen LogP contribution is 2.44. The first-order valence-electron chi connectivity index (χ1n) is 11.5. The van der Waals surface area contributed by atoms with E-state index in [9.17, 15) is 9.59 Å². The minimum atomic E-state index is -0.405. The highest BCUT2D eigenvalue weighted by Gasteiger charge is 2.40. The van der Waals surface area contributed by atoms with Crippen LogP contribution in [0.5, 0.6) is 0 Å². The van der Waals surface area contributed by atoms with Crippen LogP contribution in [0.3, 0.4) is 0 Å². The molecule has 3 N–H and O–H groups in total. The van der Waals surface area contributed by atoms with Crippen LogP contribution in [-0.2, 0) is 16.6 Å². The molecule has 1 aliphatic carbocycles. The molecule has 31 heavy (non-hydrogen) atoms. The van der Waals surface area contributed by atoms with Gasteiger partial charge in [0.25, 0.3) is 0 Å². The smallest absolute Gasteiger partial charge is 0.248 e. The van der Waals surface area contributed by atoms with Gasteiger partial charge in [0.15, 0.2) is 0 Å². The van der Waals surface area contributed by atoms with Crippen molar-refractivity contribution >= 4 is 11.8 Å². The van der Waals surface area contributed by atoms with Gasteiger partial charge in [-0.1, -0.05) is 67.8 Å². The summed E-state index contributed by atoms with van der Waals surface area (Å²) in [6.07, 6.45) is 6.49. The minimum absolute atomic E-state index is 0.149. The summed E-state index contributed by atoms with van der Waals surface area (Å²) in [5.41, 5.74) is 8.20. The molecule has 0 radical (unpaired) electrons. The molecule has 1 saturated carbocycles. The average Bonchev–Trinajstić information content (AvgIpc) is 2.80. The number of piperazine rings is 1. The van der Waals surface area contributed by atoms with E-state index in [2.05, 4.69) is 34.5 Å². The number of nitrogens with one attached hydrogen (secondary N) is 1. The number of carbonyl (C=O) groups excluding carboxylic acids is 2. The summed E-state index contributed by atoms with van der Waals surface area (Å²) in [4.78, 5) is 28.0. The standard InChI is InChI=1S/C26H33N3O2/c27-25(31)22-11-5-6-12-23(22)26(13-7-2-8-14-26)18-24(30)29-16-15-28-19-21(29)17-20-9-3-1-4-10-20/h1,3-6,9-12,21,28H,2,7-8,13-19H2,(H2,27,31). The summed E-state index contributed by atoms with van der Waals surface area (Å²) in [5, 5.41) is 3.45. The molecule has 2 aliphatic rings. The van der Waals surface area contributed by atoms with E-state index in [0.29, 0.717) is 12.0 Å². The fourth-order valence-electron chi connectivity index (χ4n) is 5.48. The largest absolute Gasteiger partial charge is 0.366 e. The first-order valence-corrected chi connectivity index (χ1v) is 11.5. The van der Waals surface area contributed by atoms with E-state index in [1.807, 2.05) is 30.3 Å². The monoisotopic (exact) mass is 419 g/mol. The third kappa shape index (κ3) is 4.82. The Bertz CT molecular complexity index is 906. The van der Waals surface area contributed by atoms with Gasteiger partial charge in [0.1, 0.15) is 0 Å². The number of nitrogens with two attached hydrogens (primary N) is 1. The Hall–Kier alpha value is -2.66. The Kier molecular flexibility index (Phi) is 6.71. The van der Waals surface area contributed by atoms with Crippen LogP contribution in [0.25, 0.3) is 0 Å². The lowest BCUT2D eigenvalue weighted by atomic mass is 9.66. The number of hydrogen-bond donors (Lipinski definition) is 2. The Morgan fingerprint density at radius 1 is 1.00 bits per heavy atom. The lowest BCUT2D eigenvalue weighted by molar-refractivity contribution is -0.136. The molecular formula is C26H33N3O2. The maximum absolute atomic E-state index is 13.7. The molecule has 2 aromatic carbocycles. The molecule has 0 spiro atoms. The van der Waals surface area contributed by atoms with E-state index < -0.39 is 5.91 Å². The van der Waals surface area contributed by atoms with Crippen molar-refractivity contribution in [1.29, 1.82) is 0 Å². The van der Waals surface area contributed by atoms with Crippen molar-refractivity contribution in [2.75, 3.05) is 19.6 Å². The normalized spacial score (nSPS) is 20.9. The number of primary amides is 1. The van der Waals surface area contributed by atoms with Gasteiger partial charge in [0, 0.05) is 43.1 Å². The molecule has 1 atom stereocenters. The summed E-state index contributed by atoms with van der Waals surface area (Å²) in [6, 6.07) is 18.2. The average molecular weight is 420 g/mol. The molecule has 2 amide bonds. The van der Waals surface area contributed by atoms with Crippen molar-refractivity contribution in [2.45, 2.75) is 56.4 Å². The summed E-state index contributed by atoms with van der Waals surface area (Å²) in [5.74, 6) is -0.208. The zero-order valence-electron chi connectivity index (χ0n) is 18.2. The van der Waals surface area contributed by atoms with Crippen molar-refractivity contribution in [3.05, 3.63) is 71.3 Å². The highest BCUT2D eigenvalue weighted by molar-refractivity contribution is 5.95. The van der Waals surface area contributed by atoms with Gasteiger partial charge in [0.2, 0.25) is 11.8 Å². The SMILES string of the molecule is NC(=O)c1ccccc1C1(CC(=O)N2CCNCC2Cc2ccccc2)CCCCC1. The number of rotatable bonds is 6. The molecular weight excluding hydrogens is 386 g/mol. The van der Waals surface area contributed by atoms with Gasteiger partial charge >= 0.3 is 0 Å². The van der Waals surface area contributed by atoms with E-state index in [0.717, 1.165) is 57.3 Å². The van der Waals surface area contributed by atoms with Crippen molar-refractivity contribution in [3.63, 3.8) is 0 Å². The molecule has 0 bridgehead atoms. The molecule has 1 heterocycles. The van der Waals surface area contributed by atoms with Gasteiger partial charge in [-0.3, -0.25) is 9.59 Å². The molecule has 5 nitrogen and oxygen atoms in total. The Balaban J connectivity index is 1.59. The molecule has 1 saturated heterocycles. The van der Waals surface area contributed by atoms with Crippen LogP contribution in [0.2, 0.25) is 0 Å². The van der Waals surface area contributed by atoms with Gasteiger partial charge in [-0.15, -0.1) is 0 Å². The van der Waals surface area contributed by atoms with E-state index >= 15 is 0 Å². The van der Waals surface area contributed by atoms with Crippen LogP contribution in [0.1, 0.15) is 60.0 Å². The maximum Gasteiger partial charge on any atom is 0.248 e. The Labute approximate surface area is 185 Å². The Morgan fingerprint density at radius 3 is 2.45 bits per heavy atom. The second-order valence-corrected chi connectivity index (χ2v) is 9.06. The lowest BCUT2D eigenvalue weighted by Crippen LogP contribution is -2.55. The number of amides is 2. The van der Waals surface area contributed by atoms with E-state index in [-0.39, 0.29) is 17.4 Å². The quantitative estimate of drug-likeness (QED) is 0.753. The van der Waals surface area contributed by atoms with Gasteiger partial charge in [-0.05, 0) is 36.5 Å². The first kappa shape index (κ1) is 21.6. The number of nitrogens with zero attached hydrogens (tertiary/aromatic N) is 1. The molecule has 4 rings (SSSR count). The number of carbonyl (C=O) groups is 2. The van der Waals surface area contributed by atoms with Crippen molar-refractivity contribution in [3.8, 4) is 0 Å². The van der Waals surface area contributed by atoms with E-state index in [1.165, 1.54) is 12.0 Å². The van der Waals surface area contributed by atoms with Crippen LogP contribution in [0.15, 0.2) is 54.6 Å². The topological polar surface area (TPSA) is 75.4 Å². The third-order valence-electron chi connectivity index (χ3n) is 7.05. The summed E-state index contributed by atoms with van der Waals surface area (Å²) in [7, 11) is 0. The summed E-state index contributed by atoms with van der Waals surface area (Å²) in [6.45, 7) is 2.36. The lowest BCUT2D eigenvalue weighted by Gasteiger charge is -2.42. The molecule has 2 aromatic rings. The summed E-state index contributed by atoms with van der Waals surface area (Å²) < 4.78 is 0. The molecule has 0 aromatic heterocycles. The van der Waals surface area contributed by atoms with E-state index in [1.54, 1.807) is 0 Å². The van der Waals surface area contributed by atoms with Crippen LogP contribution in [-0.4, -0.2) is 42.4 Å². The van der Waals surface area contributed by atoms with E-state index in [4.69, 9.17) is 5.73 Å². The maximum atomic E-state index is 13.7. The fourth-order valence-corrected chi connectivity index (χ4v) is 5.48. The molecule has 1 aliphatic heterocycles. The molecule has 1 unspecified atom stereocenters. The molecule has 5 heteroatoms. The van der Waals surface area contributed by atoms with Crippen molar-refractivity contribution < 1.29 is 9.59 Å². The fraction of sp³-hybridized carbons (Fsp3) is 0.462. The van der Waals surface area contributed by atoms with Crippen LogP contribution < -0.4 is 11.1 Å². The third-order valence-corrected chi connectivity index (χ3v) is 7.05. The summed E-state index contributed by atoms with van der Waals surface area (Å²) >= 11 is 0. The van der Waals surface area contributed by atoms with Crippen molar-refractivity contribution in [1.82, 2.24) is 10.2 Å². The zero-order valence-corrected chi connectivity index (χ0v) is 18.2. The minimum Gasteiger partial charge on any atom is -0.366 e. The Morgan fingerprint density at radius 2 is 1.71 bits per heavy atom. The van der Waals surface area contributed by atoms with Crippen LogP contribution in [0.4, 0.5) is 0 Å². The predicted molar refractivity (Wildman–Crippen MR) is 123 cm³/mol. The van der Waals surface area contributed by atoms with Crippen LogP contribution in [0, 0.1) is 0 Å². The van der Waals surface area contributed by atoms with Gasteiger partial charge in [-0.25, -0.2) is 0 Å². The predicted octanol–water partition coefficient (Wildman–Crippen LogP) is 3.42. The van der Waals surface area contributed by atoms with Crippen LogP contribution >= 0.6 is 0 Å². The second-order valence-electron chi connectivity index (χ2n) is 9.06. The van der Waals surface area contributed by atoms with Crippen molar-refractivity contribution in [2.24, 2.45) is 5.73 Å². The van der Waals surface area contributed by atoms with Gasteiger partial charge in [0.05, 0.1) is 0 Å². The second kappa shape index (κ2) is 9.65. The van der Waals surface area contributed by atoms with Gasteiger partial charge in [-0.2, -0.15) is 0 Å². The zero-order chi connectivity index (χ0) is 21.7. The molecule has 2 fully saturated rings. The molecule has 164 valence electrons. The number of hydrogen-bond acceptors (Lipinski definition) is 3. The van der Waals surface area contributed by atoms with Gasteiger partial charge < -0.3 is 16.0 Å². The highest BCUT2D eigenvalue weighted by atomic mass is 16.2.